The van der Waals surface area contributed by atoms with Gasteiger partial charge in [0.25, 0.3) is 5.91 Å². The lowest BCUT2D eigenvalue weighted by Gasteiger charge is -2.15. The van der Waals surface area contributed by atoms with Gasteiger partial charge < -0.3 is 5.32 Å². The van der Waals surface area contributed by atoms with E-state index >= 15 is 0 Å². The number of amides is 1. The Labute approximate surface area is 136 Å². The SMILES string of the molecule is CC(NC(=O)c1cccc(-n2cnnn2)c1)c1ccc(F)cc1F. The summed E-state index contributed by atoms with van der Waals surface area (Å²) in [6.07, 6.45) is 1.41. The molecule has 1 atom stereocenters. The van der Waals surface area contributed by atoms with Gasteiger partial charge >= 0.3 is 0 Å². The molecule has 0 radical (unpaired) electrons. The lowest BCUT2D eigenvalue weighted by Crippen LogP contribution is -2.27. The minimum atomic E-state index is -0.703. The number of rotatable bonds is 4. The molecular weight excluding hydrogens is 316 g/mol. The fraction of sp³-hybridized carbons (Fsp3) is 0.125. The van der Waals surface area contributed by atoms with E-state index in [0.29, 0.717) is 11.3 Å². The summed E-state index contributed by atoms with van der Waals surface area (Å²) in [7, 11) is 0. The van der Waals surface area contributed by atoms with E-state index < -0.39 is 17.7 Å². The molecular formula is C16H13F2N5O. The topological polar surface area (TPSA) is 72.7 Å². The van der Waals surface area contributed by atoms with Crippen molar-refractivity contribution in [2.75, 3.05) is 0 Å². The summed E-state index contributed by atoms with van der Waals surface area (Å²) in [6.45, 7) is 1.62. The van der Waals surface area contributed by atoms with Crippen LogP contribution in [0.5, 0.6) is 0 Å². The number of nitrogens with one attached hydrogen (secondary N) is 1. The highest BCUT2D eigenvalue weighted by atomic mass is 19.1. The molecule has 0 saturated heterocycles. The van der Waals surface area contributed by atoms with E-state index in [9.17, 15) is 13.6 Å². The normalized spacial score (nSPS) is 12.0. The van der Waals surface area contributed by atoms with Gasteiger partial charge in [-0.05, 0) is 41.6 Å². The molecule has 0 aliphatic carbocycles. The van der Waals surface area contributed by atoms with Gasteiger partial charge in [0.2, 0.25) is 0 Å². The van der Waals surface area contributed by atoms with E-state index in [1.54, 1.807) is 31.2 Å². The molecule has 3 rings (SSSR count). The van der Waals surface area contributed by atoms with Crippen LogP contribution in [0, 0.1) is 11.6 Å². The van der Waals surface area contributed by atoms with Crippen LogP contribution in [0.15, 0.2) is 48.8 Å². The third-order valence-corrected chi connectivity index (χ3v) is 3.50. The Morgan fingerprint density at radius 1 is 1.21 bits per heavy atom. The molecule has 0 aliphatic rings. The minimum absolute atomic E-state index is 0.210. The zero-order valence-corrected chi connectivity index (χ0v) is 12.6. The van der Waals surface area contributed by atoms with E-state index in [4.69, 9.17) is 0 Å². The Kier molecular flexibility index (Phi) is 4.28. The van der Waals surface area contributed by atoms with Crippen LogP contribution < -0.4 is 5.32 Å². The van der Waals surface area contributed by atoms with Crippen molar-refractivity contribution in [3.63, 3.8) is 0 Å². The Hall–Kier alpha value is -3.16. The smallest absolute Gasteiger partial charge is 0.251 e. The first-order valence-electron chi connectivity index (χ1n) is 7.14. The number of halogens is 2. The van der Waals surface area contributed by atoms with E-state index in [0.717, 1.165) is 12.1 Å². The summed E-state index contributed by atoms with van der Waals surface area (Å²) < 4.78 is 28.2. The lowest BCUT2D eigenvalue weighted by molar-refractivity contribution is 0.0939. The number of hydrogen-bond donors (Lipinski definition) is 1. The molecule has 6 nitrogen and oxygen atoms in total. The fourth-order valence-electron chi connectivity index (χ4n) is 2.28. The Bertz CT molecular complexity index is 867. The van der Waals surface area contributed by atoms with Crippen LogP contribution >= 0.6 is 0 Å². The van der Waals surface area contributed by atoms with Crippen LogP contribution in [0.3, 0.4) is 0 Å². The predicted molar refractivity (Wildman–Crippen MR) is 81.4 cm³/mol. The van der Waals surface area contributed by atoms with Crippen molar-refractivity contribution < 1.29 is 13.6 Å². The molecule has 0 bridgehead atoms. The second kappa shape index (κ2) is 6.53. The molecule has 0 fully saturated rings. The number of nitrogens with zero attached hydrogens (tertiary/aromatic N) is 4. The maximum absolute atomic E-state index is 13.8. The first-order valence-corrected chi connectivity index (χ1v) is 7.14. The molecule has 2 aromatic carbocycles. The van der Waals surface area contributed by atoms with Crippen LogP contribution in [0.25, 0.3) is 5.69 Å². The quantitative estimate of drug-likeness (QED) is 0.798. The summed E-state index contributed by atoms with van der Waals surface area (Å²) in [4.78, 5) is 12.4. The van der Waals surface area contributed by atoms with Crippen molar-refractivity contribution in [1.29, 1.82) is 0 Å². The van der Waals surface area contributed by atoms with Crippen LogP contribution in [0.2, 0.25) is 0 Å². The summed E-state index contributed by atoms with van der Waals surface area (Å²) in [6, 6.07) is 9.31. The van der Waals surface area contributed by atoms with Crippen LogP contribution in [-0.4, -0.2) is 26.1 Å². The first kappa shape index (κ1) is 15.7. The number of tetrazole rings is 1. The lowest BCUT2D eigenvalue weighted by atomic mass is 10.1. The minimum Gasteiger partial charge on any atom is -0.345 e. The molecule has 1 N–H and O–H groups in total. The van der Waals surface area contributed by atoms with Gasteiger partial charge in [0, 0.05) is 17.2 Å². The van der Waals surface area contributed by atoms with Crippen molar-refractivity contribution in [2.24, 2.45) is 0 Å². The monoisotopic (exact) mass is 329 g/mol. The van der Waals surface area contributed by atoms with Crippen LogP contribution in [-0.2, 0) is 0 Å². The highest BCUT2D eigenvalue weighted by Crippen LogP contribution is 2.18. The molecule has 1 unspecified atom stereocenters. The highest BCUT2D eigenvalue weighted by Gasteiger charge is 2.16. The zero-order valence-electron chi connectivity index (χ0n) is 12.6. The van der Waals surface area contributed by atoms with E-state index in [1.165, 1.54) is 17.1 Å². The van der Waals surface area contributed by atoms with Gasteiger partial charge in [-0.1, -0.05) is 12.1 Å². The fourth-order valence-corrected chi connectivity index (χ4v) is 2.28. The first-order chi connectivity index (χ1) is 11.5. The second-order valence-corrected chi connectivity index (χ2v) is 5.17. The number of benzene rings is 2. The largest absolute Gasteiger partial charge is 0.345 e. The number of aromatic nitrogens is 4. The van der Waals surface area contributed by atoms with Crippen molar-refractivity contribution in [2.45, 2.75) is 13.0 Å². The number of carbonyl (C=O) groups excluding carboxylic acids is 1. The van der Waals surface area contributed by atoms with Gasteiger partial charge in [0.15, 0.2) is 0 Å². The number of carbonyl (C=O) groups is 1. The van der Waals surface area contributed by atoms with E-state index in [1.807, 2.05) is 0 Å². The maximum Gasteiger partial charge on any atom is 0.251 e. The molecule has 122 valence electrons. The van der Waals surface area contributed by atoms with Gasteiger partial charge in [0.1, 0.15) is 18.0 Å². The van der Waals surface area contributed by atoms with Crippen LogP contribution in [0.4, 0.5) is 8.78 Å². The van der Waals surface area contributed by atoms with E-state index in [-0.39, 0.29) is 11.5 Å². The van der Waals surface area contributed by atoms with Gasteiger partial charge in [-0.15, -0.1) is 5.10 Å². The Morgan fingerprint density at radius 3 is 2.75 bits per heavy atom. The molecule has 24 heavy (non-hydrogen) atoms. The third kappa shape index (κ3) is 3.27. The molecule has 0 aliphatic heterocycles. The van der Waals surface area contributed by atoms with Crippen molar-refractivity contribution in [3.05, 3.63) is 71.6 Å². The molecule has 1 amide bonds. The molecule has 1 heterocycles. The summed E-state index contributed by atoms with van der Waals surface area (Å²) in [5.41, 5.74) is 1.20. The molecule has 0 spiro atoms. The Balaban J connectivity index is 1.78. The molecule has 8 heteroatoms. The van der Waals surface area contributed by atoms with Gasteiger partial charge in [-0.3, -0.25) is 4.79 Å². The van der Waals surface area contributed by atoms with Crippen molar-refractivity contribution >= 4 is 5.91 Å². The molecule has 0 saturated carbocycles. The predicted octanol–water partition coefficient (Wildman–Crippen LogP) is 2.43. The maximum atomic E-state index is 13.8. The van der Waals surface area contributed by atoms with Gasteiger partial charge in [0.05, 0.1) is 11.7 Å². The second-order valence-electron chi connectivity index (χ2n) is 5.17. The highest BCUT2D eigenvalue weighted by molar-refractivity contribution is 5.95. The average Bonchev–Trinajstić information content (AvgIpc) is 3.09. The van der Waals surface area contributed by atoms with Crippen molar-refractivity contribution in [1.82, 2.24) is 25.5 Å². The summed E-state index contributed by atoms with van der Waals surface area (Å²) >= 11 is 0. The van der Waals surface area contributed by atoms with Crippen LogP contribution in [0.1, 0.15) is 28.9 Å². The summed E-state index contributed by atoms with van der Waals surface area (Å²) in [5.74, 6) is -1.75. The van der Waals surface area contributed by atoms with Gasteiger partial charge in [-0.2, -0.15) is 0 Å². The average molecular weight is 329 g/mol. The van der Waals surface area contributed by atoms with Gasteiger partial charge in [-0.25, -0.2) is 13.5 Å². The van der Waals surface area contributed by atoms with Crippen molar-refractivity contribution in [3.8, 4) is 5.69 Å². The number of hydrogen-bond acceptors (Lipinski definition) is 4. The standard InChI is InChI=1S/C16H13F2N5O/c1-10(14-6-5-12(17)8-15(14)18)20-16(24)11-3-2-4-13(7-11)23-9-19-21-22-23/h2-10H,1H3,(H,20,24). The summed E-state index contributed by atoms with van der Waals surface area (Å²) in [5, 5.41) is 13.5. The van der Waals surface area contributed by atoms with E-state index in [2.05, 4.69) is 20.8 Å². The molecule has 3 aromatic rings. The third-order valence-electron chi connectivity index (χ3n) is 3.50. The molecule has 1 aromatic heterocycles. The Morgan fingerprint density at radius 2 is 2.04 bits per heavy atom. The zero-order chi connectivity index (χ0) is 17.1.